The Balaban J connectivity index is 2.33. The lowest BCUT2D eigenvalue weighted by Gasteiger charge is -2.25. The molecule has 1 fully saturated rings. The predicted molar refractivity (Wildman–Crippen MR) is 91.2 cm³/mol. The van der Waals surface area contributed by atoms with Gasteiger partial charge in [0.1, 0.15) is 5.60 Å². The van der Waals surface area contributed by atoms with E-state index in [-0.39, 0.29) is 17.9 Å². The van der Waals surface area contributed by atoms with E-state index in [0.717, 1.165) is 12.8 Å². The van der Waals surface area contributed by atoms with E-state index >= 15 is 0 Å². The van der Waals surface area contributed by atoms with E-state index in [1.54, 1.807) is 0 Å². The molecule has 1 aliphatic carbocycles. The molecule has 2 unspecified atom stereocenters. The molecule has 0 aromatic rings. The van der Waals surface area contributed by atoms with Crippen LogP contribution in [0.2, 0.25) is 0 Å². The molecule has 0 aliphatic heterocycles. The molecule has 2 amide bonds. The first-order valence-corrected chi connectivity index (χ1v) is 8.59. The minimum absolute atomic E-state index is 0.0510. The van der Waals surface area contributed by atoms with Gasteiger partial charge in [0.15, 0.2) is 0 Å². The van der Waals surface area contributed by atoms with Crippen molar-refractivity contribution in [2.24, 2.45) is 11.8 Å². The van der Waals surface area contributed by atoms with Crippen molar-refractivity contribution in [1.29, 1.82) is 0 Å². The summed E-state index contributed by atoms with van der Waals surface area (Å²) in [4.78, 5) is 23.7. The van der Waals surface area contributed by atoms with Crippen molar-refractivity contribution in [3.05, 3.63) is 0 Å². The molecular weight excluding hydrogens is 294 g/mol. The zero-order valence-corrected chi connectivity index (χ0v) is 15.4. The highest BCUT2D eigenvalue weighted by molar-refractivity contribution is 5.81. The van der Waals surface area contributed by atoms with Gasteiger partial charge in [0.2, 0.25) is 5.91 Å². The fourth-order valence-corrected chi connectivity index (χ4v) is 2.05. The number of hydrogen-bond donors (Lipinski definition) is 3. The zero-order chi connectivity index (χ0) is 17.6. The summed E-state index contributed by atoms with van der Waals surface area (Å²) < 4.78 is 5.25. The Labute approximate surface area is 140 Å². The van der Waals surface area contributed by atoms with Gasteiger partial charge in [-0.2, -0.15) is 0 Å². The lowest BCUT2D eigenvalue weighted by atomic mass is 9.95. The molecular formula is C17H33N3O3. The van der Waals surface area contributed by atoms with E-state index in [1.165, 1.54) is 0 Å². The molecule has 134 valence electrons. The van der Waals surface area contributed by atoms with E-state index in [4.69, 9.17) is 4.74 Å². The number of carbonyl (C=O) groups is 2. The van der Waals surface area contributed by atoms with Crippen LogP contribution >= 0.6 is 0 Å². The maximum atomic E-state index is 11.9. The third-order valence-corrected chi connectivity index (χ3v) is 3.85. The Kier molecular flexibility index (Phi) is 7.32. The summed E-state index contributed by atoms with van der Waals surface area (Å²) in [6.07, 6.45) is 1.78. The Morgan fingerprint density at radius 1 is 1.13 bits per heavy atom. The molecule has 1 saturated carbocycles. The van der Waals surface area contributed by atoms with Gasteiger partial charge in [-0.15, -0.1) is 0 Å². The van der Waals surface area contributed by atoms with Crippen molar-refractivity contribution >= 4 is 12.0 Å². The summed E-state index contributed by atoms with van der Waals surface area (Å²) in [7, 11) is 0. The molecule has 23 heavy (non-hydrogen) atoms. The summed E-state index contributed by atoms with van der Waals surface area (Å²) in [5.41, 5.74) is -0.495. The average Bonchev–Trinajstić information content (AvgIpc) is 3.19. The number of rotatable bonds is 8. The lowest BCUT2D eigenvalue weighted by Crippen LogP contribution is -2.47. The van der Waals surface area contributed by atoms with Crippen LogP contribution in [-0.4, -0.2) is 42.8 Å². The fourth-order valence-electron chi connectivity index (χ4n) is 2.05. The largest absolute Gasteiger partial charge is 0.444 e. The third-order valence-electron chi connectivity index (χ3n) is 3.85. The smallest absolute Gasteiger partial charge is 0.407 e. The number of nitrogens with one attached hydrogen (secondary N) is 3. The van der Waals surface area contributed by atoms with Gasteiger partial charge < -0.3 is 20.7 Å². The Morgan fingerprint density at radius 3 is 2.22 bits per heavy atom. The summed E-state index contributed by atoms with van der Waals surface area (Å²) in [6, 6.07) is 0.153. The number of ether oxygens (including phenoxy) is 1. The van der Waals surface area contributed by atoms with Gasteiger partial charge in [-0.05, 0) is 52.4 Å². The summed E-state index contributed by atoms with van der Waals surface area (Å²) in [5.74, 6) is 0.671. The zero-order valence-electron chi connectivity index (χ0n) is 15.4. The SMILES string of the molecule is CC(NCC(CNC(=O)OC(C)(C)C)C(C)C)C(=O)NC1CC1. The number of carbonyl (C=O) groups excluding carboxylic acids is 2. The normalized spacial score (nSPS) is 17.5. The van der Waals surface area contributed by atoms with Crippen molar-refractivity contribution in [1.82, 2.24) is 16.0 Å². The van der Waals surface area contributed by atoms with Crippen LogP contribution in [-0.2, 0) is 9.53 Å². The molecule has 0 saturated heterocycles. The standard InChI is InChI=1S/C17H33N3O3/c1-11(2)13(10-19-16(22)23-17(4,5)6)9-18-12(3)15(21)20-14-7-8-14/h11-14,18H,7-10H2,1-6H3,(H,19,22)(H,20,21). The van der Waals surface area contributed by atoms with Crippen LogP contribution in [0, 0.1) is 11.8 Å². The first-order chi connectivity index (χ1) is 10.6. The first-order valence-electron chi connectivity index (χ1n) is 8.59. The van der Waals surface area contributed by atoms with Crippen molar-refractivity contribution < 1.29 is 14.3 Å². The van der Waals surface area contributed by atoms with E-state index in [1.807, 2.05) is 27.7 Å². The molecule has 6 heteroatoms. The quantitative estimate of drug-likeness (QED) is 0.637. The third kappa shape index (κ3) is 8.79. The van der Waals surface area contributed by atoms with Gasteiger partial charge in [-0.25, -0.2) is 4.79 Å². The van der Waals surface area contributed by atoms with Crippen molar-refractivity contribution in [3.8, 4) is 0 Å². The second-order valence-corrected chi connectivity index (χ2v) is 7.80. The van der Waals surface area contributed by atoms with Gasteiger partial charge in [0.25, 0.3) is 0 Å². The van der Waals surface area contributed by atoms with Crippen molar-refractivity contribution in [2.45, 2.75) is 72.1 Å². The first kappa shape index (κ1) is 19.7. The molecule has 2 atom stereocenters. The highest BCUT2D eigenvalue weighted by Crippen LogP contribution is 2.18. The molecule has 3 N–H and O–H groups in total. The molecule has 1 rings (SSSR count). The van der Waals surface area contributed by atoms with Gasteiger partial charge >= 0.3 is 6.09 Å². The molecule has 0 aromatic carbocycles. The molecule has 0 spiro atoms. The van der Waals surface area contributed by atoms with Crippen LogP contribution < -0.4 is 16.0 Å². The molecule has 1 aliphatic rings. The van der Waals surface area contributed by atoms with Gasteiger partial charge in [-0.1, -0.05) is 13.8 Å². The average molecular weight is 327 g/mol. The van der Waals surface area contributed by atoms with Crippen molar-refractivity contribution in [3.63, 3.8) is 0 Å². The van der Waals surface area contributed by atoms with E-state index in [9.17, 15) is 9.59 Å². The minimum Gasteiger partial charge on any atom is -0.444 e. The van der Waals surface area contributed by atoms with Crippen LogP contribution in [0.25, 0.3) is 0 Å². The van der Waals surface area contributed by atoms with Crippen molar-refractivity contribution in [2.75, 3.05) is 13.1 Å². The van der Waals surface area contributed by atoms with E-state index in [0.29, 0.717) is 25.0 Å². The number of amides is 2. The minimum atomic E-state index is -0.495. The predicted octanol–water partition coefficient (Wildman–Crippen LogP) is 2.04. The van der Waals surface area contributed by atoms with Crippen LogP contribution in [0.1, 0.15) is 54.4 Å². The topological polar surface area (TPSA) is 79.5 Å². The highest BCUT2D eigenvalue weighted by atomic mass is 16.6. The Morgan fingerprint density at radius 2 is 1.74 bits per heavy atom. The van der Waals surface area contributed by atoms with Crippen LogP contribution in [0.3, 0.4) is 0 Å². The van der Waals surface area contributed by atoms with Gasteiger partial charge in [0.05, 0.1) is 6.04 Å². The summed E-state index contributed by atoms with van der Waals surface area (Å²) >= 11 is 0. The highest BCUT2D eigenvalue weighted by Gasteiger charge is 2.26. The second kappa shape index (κ2) is 8.52. The lowest BCUT2D eigenvalue weighted by molar-refractivity contribution is -0.122. The summed E-state index contributed by atoms with van der Waals surface area (Å²) in [6.45, 7) is 12.8. The molecule has 0 aromatic heterocycles. The number of alkyl carbamates (subject to hydrolysis) is 1. The van der Waals surface area contributed by atoms with Crippen LogP contribution in [0.5, 0.6) is 0 Å². The van der Waals surface area contributed by atoms with E-state index in [2.05, 4.69) is 29.8 Å². The van der Waals surface area contributed by atoms with Crippen LogP contribution in [0.4, 0.5) is 4.79 Å². The second-order valence-electron chi connectivity index (χ2n) is 7.80. The monoisotopic (exact) mass is 327 g/mol. The molecule has 0 heterocycles. The number of hydrogen-bond acceptors (Lipinski definition) is 4. The maximum Gasteiger partial charge on any atom is 0.407 e. The van der Waals surface area contributed by atoms with E-state index < -0.39 is 11.7 Å². The molecule has 0 bridgehead atoms. The Bertz CT molecular complexity index is 400. The van der Waals surface area contributed by atoms with Crippen LogP contribution in [0.15, 0.2) is 0 Å². The molecule has 6 nitrogen and oxygen atoms in total. The molecule has 0 radical (unpaired) electrons. The fraction of sp³-hybridized carbons (Fsp3) is 0.882. The Hall–Kier alpha value is -1.30. The summed E-state index contributed by atoms with van der Waals surface area (Å²) in [5, 5.41) is 9.07. The maximum absolute atomic E-state index is 11.9. The van der Waals surface area contributed by atoms with Gasteiger partial charge in [0, 0.05) is 19.1 Å². The van der Waals surface area contributed by atoms with Gasteiger partial charge in [-0.3, -0.25) is 4.79 Å².